The van der Waals surface area contributed by atoms with Crippen molar-refractivity contribution < 1.29 is 17.6 Å². The topological polar surface area (TPSA) is 102 Å². The maximum atomic E-state index is 12.3. The summed E-state index contributed by atoms with van der Waals surface area (Å²) in [6.07, 6.45) is 0.244. The molecule has 1 aromatic heterocycles. The van der Waals surface area contributed by atoms with Crippen LogP contribution in [0.15, 0.2) is 57.8 Å². The largest absolute Gasteiger partial charge is 0.407 e. The maximum Gasteiger partial charge on any atom is 0.322 e. The number of amides is 1. The average Bonchev–Trinajstić information content (AvgIpc) is 3.14. The second kappa shape index (κ2) is 9.21. The molecule has 30 heavy (non-hydrogen) atoms. The smallest absolute Gasteiger partial charge is 0.322 e. The molecular formula is C22H25N3O4S. The first kappa shape index (κ1) is 21.7. The first-order valence-corrected chi connectivity index (χ1v) is 11.4. The molecule has 1 amide bonds. The van der Waals surface area contributed by atoms with Crippen LogP contribution < -0.4 is 5.32 Å². The van der Waals surface area contributed by atoms with E-state index in [4.69, 9.17) is 4.42 Å². The highest BCUT2D eigenvalue weighted by molar-refractivity contribution is 7.91. The van der Waals surface area contributed by atoms with Crippen molar-refractivity contribution in [1.82, 2.24) is 10.2 Å². The summed E-state index contributed by atoms with van der Waals surface area (Å²) in [5.41, 5.74) is 3.23. The summed E-state index contributed by atoms with van der Waals surface area (Å²) < 4.78 is 30.1. The molecule has 0 aliphatic heterocycles. The van der Waals surface area contributed by atoms with Gasteiger partial charge < -0.3 is 4.42 Å². The Morgan fingerprint density at radius 2 is 1.70 bits per heavy atom. The number of aromatic nitrogens is 2. The lowest BCUT2D eigenvalue weighted by atomic mass is 10.0. The Hall–Kier alpha value is -3.00. The van der Waals surface area contributed by atoms with Gasteiger partial charge in [0.2, 0.25) is 11.8 Å². The molecule has 2 aromatic carbocycles. The molecule has 1 N–H and O–H groups in total. The Morgan fingerprint density at radius 3 is 2.33 bits per heavy atom. The molecule has 158 valence electrons. The second-order valence-electron chi connectivity index (χ2n) is 7.50. The maximum absolute atomic E-state index is 12.3. The number of rotatable bonds is 8. The highest BCUT2D eigenvalue weighted by atomic mass is 32.2. The van der Waals surface area contributed by atoms with Crippen LogP contribution in [0, 0.1) is 6.92 Å². The van der Waals surface area contributed by atoms with Crippen molar-refractivity contribution >= 4 is 21.8 Å². The number of hydrogen-bond acceptors (Lipinski definition) is 6. The van der Waals surface area contributed by atoms with Crippen molar-refractivity contribution in [3.8, 4) is 0 Å². The summed E-state index contributed by atoms with van der Waals surface area (Å²) in [6, 6.07) is 14.6. The Balaban J connectivity index is 1.53. The molecule has 0 atom stereocenters. The Kier molecular flexibility index (Phi) is 6.66. The minimum Gasteiger partial charge on any atom is -0.407 e. The van der Waals surface area contributed by atoms with Gasteiger partial charge in [-0.25, -0.2) is 8.42 Å². The molecule has 0 unspecified atom stereocenters. The summed E-state index contributed by atoms with van der Waals surface area (Å²) in [4.78, 5) is 12.3. The Labute approximate surface area is 176 Å². The average molecular weight is 428 g/mol. The molecular weight excluding hydrogens is 402 g/mol. The third-order valence-electron chi connectivity index (χ3n) is 4.69. The quantitative estimate of drug-likeness (QED) is 0.585. The van der Waals surface area contributed by atoms with Gasteiger partial charge in [0, 0.05) is 6.42 Å². The number of aryl methyl sites for hydroxylation is 1. The number of carbonyl (C=O) groups is 1. The summed E-state index contributed by atoms with van der Waals surface area (Å²) in [7, 11) is -3.54. The monoisotopic (exact) mass is 427 g/mol. The zero-order chi connectivity index (χ0) is 21.7. The van der Waals surface area contributed by atoms with E-state index >= 15 is 0 Å². The zero-order valence-electron chi connectivity index (χ0n) is 17.3. The minimum atomic E-state index is -3.54. The molecule has 3 aromatic rings. The van der Waals surface area contributed by atoms with Gasteiger partial charge in [-0.2, -0.15) is 0 Å². The predicted molar refractivity (Wildman–Crippen MR) is 114 cm³/mol. The van der Waals surface area contributed by atoms with Gasteiger partial charge in [0.05, 0.1) is 17.1 Å². The van der Waals surface area contributed by atoms with Crippen molar-refractivity contribution in [2.45, 2.75) is 44.4 Å². The number of hydrogen-bond donors (Lipinski definition) is 1. The molecule has 0 bridgehead atoms. The molecule has 1 heterocycles. The number of nitrogens with one attached hydrogen (secondary N) is 1. The fraction of sp³-hybridized carbons (Fsp3) is 0.318. The highest BCUT2D eigenvalue weighted by Crippen LogP contribution is 2.17. The van der Waals surface area contributed by atoms with Crippen LogP contribution in [0.5, 0.6) is 0 Å². The van der Waals surface area contributed by atoms with E-state index in [-0.39, 0.29) is 23.1 Å². The Bertz CT molecular complexity index is 1100. The van der Waals surface area contributed by atoms with Crippen molar-refractivity contribution in [2.24, 2.45) is 0 Å². The Morgan fingerprint density at radius 1 is 1.03 bits per heavy atom. The van der Waals surface area contributed by atoms with E-state index in [0.717, 1.165) is 11.1 Å². The van der Waals surface area contributed by atoms with E-state index in [1.165, 1.54) is 5.56 Å². The molecule has 0 saturated carbocycles. The van der Waals surface area contributed by atoms with Gasteiger partial charge in [-0.15, -0.1) is 5.10 Å². The number of nitrogens with zero attached hydrogens (tertiary/aromatic N) is 2. The van der Waals surface area contributed by atoms with Gasteiger partial charge in [-0.05, 0) is 36.1 Å². The van der Waals surface area contributed by atoms with Crippen molar-refractivity contribution in [3.63, 3.8) is 0 Å². The van der Waals surface area contributed by atoms with Crippen LogP contribution in [0.3, 0.4) is 0 Å². The first-order chi connectivity index (χ1) is 14.2. The van der Waals surface area contributed by atoms with Gasteiger partial charge in [-0.1, -0.05) is 60.9 Å². The van der Waals surface area contributed by atoms with Crippen molar-refractivity contribution in [2.75, 3.05) is 11.1 Å². The molecule has 0 radical (unpaired) electrons. The third kappa shape index (κ3) is 5.76. The molecule has 0 aliphatic carbocycles. The van der Waals surface area contributed by atoms with Crippen LogP contribution in [0.25, 0.3) is 0 Å². The molecule has 3 rings (SSSR count). The van der Waals surface area contributed by atoms with E-state index in [1.54, 1.807) is 24.3 Å². The SMILES string of the molecule is Cc1ccc(S(=O)(=O)CCC(=O)Nc2nnc(Cc3ccc(C(C)C)cc3)o2)cc1. The van der Waals surface area contributed by atoms with Gasteiger partial charge in [-0.3, -0.25) is 10.1 Å². The number of carbonyl (C=O) groups excluding carboxylic acids is 1. The summed E-state index contributed by atoms with van der Waals surface area (Å²) in [5.74, 6) is 0.0293. The van der Waals surface area contributed by atoms with Crippen LogP contribution >= 0.6 is 0 Å². The summed E-state index contributed by atoms with van der Waals surface area (Å²) in [6.45, 7) is 6.14. The fourth-order valence-corrected chi connectivity index (χ4v) is 4.08. The van der Waals surface area contributed by atoms with Crippen molar-refractivity contribution in [1.29, 1.82) is 0 Å². The van der Waals surface area contributed by atoms with E-state index in [2.05, 4.69) is 41.5 Å². The highest BCUT2D eigenvalue weighted by Gasteiger charge is 2.18. The van der Waals surface area contributed by atoms with E-state index in [9.17, 15) is 13.2 Å². The minimum absolute atomic E-state index is 0.0402. The molecule has 0 spiro atoms. The second-order valence-corrected chi connectivity index (χ2v) is 9.61. The number of benzene rings is 2. The number of anilines is 1. The fourth-order valence-electron chi connectivity index (χ4n) is 2.84. The lowest BCUT2D eigenvalue weighted by Crippen LogP contribution is -2.17. The summed E-state index contributed by atoms with van der Waals surface area (Å²) >= 11 is 0. The van der Waals surface area contributed by atoms with Crippen LogP contribution in [0.4, 0.5) is 6.01 Å². The predicted octanol–water partition coefficient (Wildman–Crippen LogP) is 3.89. The van der Waals surface area contributed by atoms with Gasteiger partial charge >= 0.3 is 6.01 Å². The zero-order valence-corrected chi connectivity index (χ0v) is 18.1. The van der Waals surface area contributed by atoms with Crippen LogP contribution in [0.1, 0.15) is 48.8 Å². The number of sulfone groups is 1. The van der Waals surface area contributed by atoms with Gasteiger partial charge in [0.15, 0.2) is 9.84 Å². The molecule has 0 saturated heterocycles. The third-order valence-corrected chi connectivity index (χ3v) is 6.42. The normalized spacial score (nSPS) is 11.6. The molecule has 0 fully saturated rings. The van der Waals surface area contributed by atoms with E-state index < -0.39 is 15.7 Å². The van der Waals surface area contributed by atoms with E-state index in [1.807, 2.05) is 19.1 Å². The summed E-state index contributed by atoms with van der Waals surface area (Å²) in [5, 5.41) is 10.2. The molecule has 7 nitrogen and oxygen atoms in total. The van der Waals surface area contributed by atoms with E-state index in [0.29, 0.717) is 18.2 Å². The first-order valence-electron chi connectivity index (χ1n) is 9.73. The van der Waals surface area contributed by atoms with Gasteiger partial charge in [0.1, 0.15) is 0 Å². The van der Waals surface area contributed by atoms with Crippen molar-refractivity contribution in [3.05, 3.63) is 71.1 Å². The molecule has 0 aliphatic rings. The molecule has 8 heteroatoms. The lowest BCUT2D eigenvalue weighted by molar-refractivity contribution is -0.116. The van der Waals surface area contributed by atoms with Crippen LogP contribution in [-0.2, 0) is 21.1 Å². The van der Waals surface area contributed by atoms with Crippen LogP contribution in [-0.4, -0.2) is 30.3 Å². The van der Waals surface area contributed by atoms with Crippen LogP contribution in [0.2, 0.25) is 0 Å². The van der Waals surface area contributed by atoms with Gasteiger partial charge in [0.25, 0.3) is 0 Å². The lowest BCUT2D eigenvalue weighted by Gasteiger charge is -2.05. The standard InChI is InChI=1S/C22H25N3O4S/c1-15(2)18-8-6-17(7-9-18)14-21-24-25-22(29-21)23-20(26)12-13-30(27,28)19-10-4-16(3)5-11-19/h4-11,15H,12-14H2,1-3H3,(H,23,25,26).